The Morgan fingerprint density at radius 1 is 0.944 bits per heavy atom. The van der Waals surface area contributed by atoms with E-state index in [9.17, 15) is 4.79 Å². The molecular formula is C17H18O. The van der Waals surface area contributed by atoms with Crippen molar-refractivity contribution in [1.29, 1.82) is 0 Å². The molecule has 0 aliphatic rings. The summed E-state index contributed by atoms with van der Waals surface area (Å²) in [4.78, 5) is 12.0. The van der Waals surface area contributed by atoms with Gasteiger partial charge in [-0.25, -0.2) is 0 Å². The first-order valence-corrected chi connectivity index (χ1v) is 6.48. The van der Waals surface area contributed by atoms with Crippen LogP contribution >= 0.6 is 0 Å². The van der Waals surface area contributed by atoms with E-state index in [0.717, 1.165) is 17.5 Å². The molecule has 0 atom stereocenters. The molecule has 0 unspecified atom stereocenters. The van der Waals surface area contributed by atoms with Gasteiger partial charge in [0.05, 0.1) is 0 Å². The summed E-state index contributed by atoms with van der Waals surface area (Å²) in [5, 5.41) is 0. The molecule has 2 aromatic carbocycles. The van der Waals surface area contributed by atoms with Gasteiger partial charge < -0.3 is 0 Å². The van der Waals surface area contributed by atoms with Crippen LogP contribution in [0.4, 0.5) is 0 Å². The van der Waals surface area contributed by atoms with E-state index < -0.39 is 0 Å². The molecule has 0 heterocycles. The minimum atomic E-state index is 0.227. The highest BCUT2D eigenvalue weighted by Gasteiger charge is 2.12. The molecule has 2 rings (SSSR count). The van der Waals surface area contributed by atoms with Gasteiger partial charge in [-0.2, -0.15) is 0 Å². The van der Waals surface area contributed by atoms with Crippen molar-refractivity contribution < 1.29 is 4.79 Å². The normalized spacial score (nSPS) is 10.3. The molecule has 0 saturated carbocycles. The first kappa shape index (κ1) is 12.6. The zero-order valence-corrected chi connectivity index (χ0v) is 10.9. The van der Waals surface area contributed by atoms with Crippen LogP contribution in [-0.2, 0) is 6.42 Å². The molecule has 0 spiro atoms. The summed E-state index contributed by atoms with van der Waals surface area (Å²) in [7, 11) is 0. The lowest BCUT2D eigenvalue weighted by atomic mass is 9.91. The number of hydrogen-bond donors (Lipinski definition) is 0. The number of carbonyl (C=O) groups is 1. The van der Waals surface area contributed by atoms with Gasteiger partial charge in [0.25, 0.3) is 0 Å². The van der Waals surface area contributed by atoms with Gasteiger partial charge in [0.1, 0.15) is 0 Å². The summed E-state index contributed by atoms with van der Waals surface area (Å²) in [6, 6.07) is 16.3. The maximum Gasteiger partial charge on any atom is 0.162 e. The highest BCUT2D eigenvalue weighted by atomic mass is 16.1. The SMILES string of the molecule is CCC(=O)c1cccc(-c2ccccc2)c1CC. The minimum absolute atomic E-state index is 0.227. The lowest BCUT2D eigenvalue weighted by molar-refractivity contribution is 0.0987. The van der Waals surface area contributed by atoms with Crippen LogP contribution in [0.15, 0.2) is 48.5 Å². The van der Waals surface area contributed by atoms with E-state index in [-0.39, 0.29) is 5.78 Å². The van der Waals surface area contributed by atoms with Crippen LogP contribution in [0.5, 0.6) is 0 Å². The summed E-state index contributed by atoms with van der Waals surface area (Å²) in [5.74, 6) is 0.227. The van der Waals surface area contributed by atoms with Crippen LogP contribution in [0.25, 0.3) is 11.1 Å². The maximum atomic E-state index is 12.0. The molecule has 0 amide bonds. The van der Waals surface area contributed by atoms with E-state index in [0.29, 0.717) is 6.42 Å². The number of ketones is 1. The zero-order chi connectivity index (χ0) is 13.0. The molecule has 92 valence electrons. The second kappa shape index (κ2) is 5.63. The van der Waals surface area contributed by atoms with Crippen LogP contribution in [-0.4, -0.2) is 5.78 Å². The van der Waals surface area contributed by atoms with Crippen molar-refractivity contribution in [2.45, 2.75) is 26.7 Å². The fourth-order valence-electron chi connectivity index (χ4n) is 2.31. The highest BCUT2D eigenvalue weighted by Crippen LogP contribution is 2.27. The largest absolute Gasteiger partial charge is 0.294 e. The van der Waals surface area contributed by atoms with Crippen molar-refractivity contribution in [2.24, 2.45) is 0 Å². The third-order valence-electron chi connectivity index (χ3n) is 3.24. The second-order valence-corrected chi connectivity index (χ2v) is 4.33. The van der Waals surface area contributed by atoms with Crippen LogP contribution in [0.1, 0.15) is 36.2 Å². The van der Waals surface area contributed by atoms with Gasteiger partial charge in [-0.1, -0.05) is 62.4 Å². The molecule has 0 aliphatic heterocycles. The third kappa shape index (κ3) is 2.35. The van der Waals surface area contributed by atoms with Crippen molar-refractivity contribution in [3.05, 3.63) is 59.7 Å². The van der Waals surface area contributed by atoms with Crippen molar-refractivity contribution in [2.75, 3.05) is 0 Å². The summed E-state index contributed by atoms with van der Waals surface area (Å²) in [6.07, 6.45) is 1.44. The molecule has 1 heteroatoms. The van der Waals surface area contributed by atoms with Gasteiger partial charge >= 0.3 is 0 Å². The lowest BCUT2D eigenvalue weighted by Crippen LogP contribution is -2.03. The van der Waals surface area contributed by atoms with Crippen molar-refractivity contribution in [1.82, 2.24) is 0 Å². The average Bonchev–Trinajstić information content (AvgIpc) is 2.46. The standard InChI is InChI=1S/C17H18O/c1-3-14-15(13-9-6-5-7-10-13)11-8-12-16(14)17(18)4-2/h5-12H,3-4H2,1-2H3. The fraction of sp³-hybridized carbons (Fsp3) is 0.235. The Bertz CT molecular complexity index is 541. The predicted octanol–water partition coefficient (Wildman–Crippen LogP) is 4.51. The second-order valence-electron chi connectivity index (χ2n) is 4.33. The molecular weight excluding hydrogens is 220 g/mol. The van der Waals surface area contributed by atoms with Crippen LogP contribution < -0.4 is 0 Å². The Morgan fingerprint density at radius 2 is 1.67 bits per heavy atom. The molecule has 18 heavy (non-hydrogen) atoms. The topological polar surface area (TPSA) is 17.1 Å². The minimum Gasteiger partial charge on any atom is -0.294 e. The molecule has 0 bridgehead atoms. The summed E-state index contributed by atoms with van der Waals surface area (Å²) in [5.41, 5.74) is 4.40. The Balaban J connectivity index is 2.59. The number of hydrogen-bond acceptors (Lipinski definition) is 1. The number of Topliss-reactive ketones (excluding diaryl/α,β-unsaturated/α-hetero) is 1. The van der Waals surface area contributed by atoms with Gasteiger partial charge in [0.2, 0.25) is 0 Å². The molecule has 0 aromatic heterocycles. The maximum absolute atomic E-state index is 12.0. The van der Waals surface area contributed by atoms with Crippen LogP contribution in [0, 0.1) is 0 Å². The molecule has 0 aliphatic carbocycles. The highest BCUT2D eigenvalue weighted by molar-refractivity contribution is 5.99. The molecule has 2 aromatic rings. The fourth-order valence-corrected chi connectivity index (χ4v) is 2.31. The van der Waals surface area contributed by atoms with Crippen molar-refractivity contribution in [3.63, 3.8) is 0 Å². The third-order valence-corrected chi connectivity index (χ3v) is 3.24. The Hall–Kier alpha value is -1.89. The van der Waals surface area contributed by atoms with Gasteiger partial charge in [-0.3, -0.25) is 4.79 Å². The van der Waals surface area contributed by atoms with E-state index in [1.807, 2.05) is 37.3 Å². The van der Waals surface area contributed by atoms with Crippen LogP contribution in [0.3, 0.4) is 0 Å². The van der Waals surface area contributed by atoms with Gasteiger partial charge in [-0.15, -0.1) is 0 Å². The van der Waals surface area contributed by atoms with Crippen LogP contribution in [0.2, 0.25) is 0 Å². The number of carbonyl (C=O) groups excluding carboxylic acids is 1. The zero-order valence-electron chi connectivity index (χ0n) is 10.9. The van der Waals surface area contributed by atoms with E-state index in [1.54, 1.807) is 0 Å². The predicted molar refractivity (Wildman–Crippen MR) is 75.9 cm³/mol. The van der Waals surface area contributed by atoms with E-state index >= 15 is 0 Å². The first-order chi connectivity index (χ1) is 8.77. The van der Waals surface area contributed by atoms with E-state index in [1.165, 1.54) is 11.1 Å². The van der Waals surface area contributed by atoms with Crippen molar-refractivity contribution >= 4 is 5.78 Å². The summed E-state index contributed by atoms with van der Waals surface area (Å²) in [6.45, 7) is 4.02. The Labute approximate surface area is 108 Å². The average molecular weight is 238 g/mol. The van der Waals surface area contributed by atoms with E-state index in [4.69, 9.17) is 0 Å². The van der Waals surface area contributed by atoms with Gasteiger partial charge in [0, 0.05) is 12.0 Å². The quantitative estimate of drug-likeness (QED) is 0.716. The number of rotatable bonds is 4. The lowest BCUT2D eigenvalue weighted by Gasteiger charge is -2.12. The number of benzene rings is 2. The molecule has 0 saturated heterocycles. The molecule has 0 N–H and O–H groups in total. The smallest absolute Gasteiger partial charge is 0.162 e. The molecule has 0 fully saturated rings. The van der Waals surface area contributed by atoms with Gasteiger partial charge in [-0.05, 0) is 23.1 Å². The van der Waals surface area contributed by atoms with Gasteiger partial charge in [0.15, 0.2) is 5.78 Å². The van der Waals surface area contributed by atoms with E-state index in [2.05, 4.69) is 25.1 Å². The summed E-state index contributed by atoms with van der Waals surface area (Å²) >= 11 is 0. The first-order valence-electron chi connectivity index (χ1n) is 6.48. The monoisotopic (exact) mass is 238 g/mol. The summed E-state index contributed by atoms with van der Waals surface area (Å²) < 4.78 is 0. The Kier molecular flexibility index (Phi) is 3.93. The molecule has 0 radical (unpaired) electrons. The van der Waals surface area contributed by atoms with Crippen molar-refractivity contribution in [3.8, 4) is 11.1 Å². The Morgan fingerprint density at radius 3 is 2.28 bits per heavy atom. The molecule has 1 nitrogen and oxygen atoms in total.